The van der Waals surface area contributed by atoms with Crippen molar-refractivity contribution in [2.45, 2.75) is 36.4 Å². The van der Waals surface area contributed by atoms with Crippen LogP contribution in [0.3, 0.4) is 0 Å². The van der Waals surface area contributed by atoms with E-state index in [1.54, 1.807) is 0 Å². The molecule has 0 bridgehead atoms. The lowest BCUT2D eigenvalue weighted by Gasteiger charge is -2.03. The quantitative estimate of drug-likeness (QED) is 0.396. The van der Waals surface area contributed by atoms with Gasteiger partial charge >= 0.3 is 5.69 Å². The van der Waals surface area contributed by atoms with Gasteiger partial charge in [-0.15, -0.1) is 0 Å². The van der Waals surface area contributed by atoms with E-state index in [0.717, 1.165) is 36.7 Å². The second kappa shape index (κ2) is 5.64. The minimum absolute atomic E-state index is 0.0243. The maximum atomic E-state index is 12.1. The molecule has 0 aromatic carbocycles. The number of hydrazine groups is 1. The lowest BCUT2D eigenvalue weighted by atomic mass is 10.2. The van der Waals surface area contributed by atoms with Gasteiger partial charge in [-0.25, -0.2) is 19.0 Å². The second-order valence-corrected chi connectivity index (χ2v) is 7.69. The van der Waals surface area contributed by atoms with Crippen molar-refractivity contribution in [3.63, 3.8) is 0 Å². The number of nitrogens with zero attached hydrogens (tertiary/aromatic N) is 1. The number of thiophene rings is 1. The molecule has 10 heteroatoms. The zero-order chi connectivity index (χ0) is 14.9. The second-order valence-electron chi connectivity index (χ2n) is 4.69. The van der Waals surface area contributed by atoms with Crippen LogP contribution in [0.1, 0.15) is 26.2 Å². The molecule has 2 atom stereocenters. The van der Waals surface area contributed by atoms with Crippen molar-refractivity contribution in [1.29, 1.82) is 0 Å². The van der Waals surface area contributed by atoms with E-state index in [1.807, 2.05) is 6.92 Å². The number of nitrogen functional groups attached to an aromatic ring is 1. The number of hydrogen-bond donors (Lipinski definition) is 3. The normalized spacial score (nSPS) is 21.7. The van der Waals surface area contributed by atoms with Crippen LogP contribution < -0.4 is 16.0 Å². The van der Waals surface area contributed by atoms with E-state index in [1.165, 1.54) is 0 Å². The first-order valence-corrected chi connectivity index (χ1v) is 8.46. The summed E-state index contributed by atoms with van der Waals surface area (Å²) in [6.07, 6.45) is 2.81. The van der Waals surface area contributed by atoms with Gasteiger partial charge in [0.15, 0.2) is 5.00 Å². The van der Waals surface area contributed by atoms with Crippen molar-refractivity contribution >= 4 is 32.0 Å². The van der Waals surface area contributed by atoms with Crippen LogP contribution in [0.25, 0.3) is 0 Å². The van der Waals surface area contributed by atoms with Crippen molar-refractivity contribution < 1.29 is 13.3 Å². The van der Waals surface area contributed by atoms with Crippen LogP contribution in [-0.4, -0.2) is 19.4 Å². The van der Waals surface area contributed by atoms with Crippen molar-refractivity contribution in [2.75, 3.05) is 5.43 Å². The van der Waals surface area contributed by atoms with Gasteiger partial charge in [-0.2, -0.15) is 0 Å². The number of nitrogens with two attached hydrogens (primary N) is 1. The highest BCUT2D eigenvalue weighted by molar-refractivity contribution is 7.91. The molecule has 0 radical (unpaired) electrons. The van der Waals surface area contributed by atoms with Crippen molar-refractivity contribution in [2.24, 2.45) is 11.8 Å². The molecule has 1 aliphatic carbocycles. The molecule has 0 saturated heterocycles. The van der Waals surface area contributed by atoms with Gasteiger partial charge in [-0.1, -0.05) is 24.7 Å². The van der Waals surface area contributed by atoms with Gasteiger partial charge in [0.05, 0.1) is 4.92 Å². The lowest BCUT2D eigenvalue weighted by Crippen LogP contribution is -2.26. The minimum Gasteiger partial charge on any atom is -0.310 e. The molecular formula is C10H16N4O4S2. The highest BCUT2D eigenvalue weighted by atomic mass is 32.2. The fraction of sp³-hybridized carbons (Fsp3) is 0.600. The Kier molecular flexibility index (Phi) is 4.28. The largest absolute Gasteiger partial charge is 0.310 e. The molecule has 2 rings (SSSR count). The van der Waals surface area contributed by atoms with E-state index in [4.69, 9.17) is 5.84 Å². The van der Waals surface area contributed by atoms with Gasteiger partial charge in [0, 0.05) is 12.1 Å². The van der Waals surface area contributed by atoms with E-state index in [2.05, 4.69) is 10.1 Å². The van der Waals surface area contributed by atoms with E-state index < -0.39 is 14.9 Å². The van der Waals surface area contributed by atoms with E-state index >= 15 is 0 Å². The predicted octanol–water partition coefficient (Wildman–Crippen LogP) is 1.41. The Morgan fingerprint density at radius 1 is 1.60 bits per heavy atom. The topological polar surface area (TPSA) is 127 Å². The first kappa shape index (κ1) is 15.2. The van der Waals surface area contributed by atoms with Crippen molar-refractivity contribution in [3.05, 3.63) is 16.2 Å². The monoisotopic (exact) mass is 320 g/mol. The summed E-state index contributed by atoms with van der Waals surface area (Å²) in [4.78, 5) is 10.1. The average molecular weight is 320 g/mol. The van der Waals surface area contributed by atoms with E-state index in [9.17, 15) is 18.5 Å². The average Bonchev–Trinajstić information content (AvgIpc) is 2.94. The zero-order valence-corrected chi connectivity index (χ0v) is 12.5. The van der Waals surface area contributed by atoms with Crippen LogP contribution in [0, 0.1) is 16.0 Å². The molecule has 0 amide bonds. The van der Waals surface area contributed by atoms with Crippen LogP contribution in [-0.2, 0) is 10.0 Å². The van der Waals surface area contributed by atoms with Gasteiger partial charge in [0.25, 0.3) is 10.0 Å². The summed E-state index contributed by atoms with van der Waals surface area (Å²) in [6.45, 7) is 2.05. The van der Waals surface area contributed by atoms with Crippen molar-refractivity contribution in [1.82, 2.24) is 4.72 Å². The molecule has 112 valence electrons. The molecule has 1 aliphatic rings. The first-order valence-electron chi connectivity index (χ1n) is 6.16. The summed E-state index contributed by atoms with van der Waals surface area (Å²) in [5, 5.41) is 10.8. The van der Waals surface area contributed by atoms with Gasteiger partial charge in [-0.3, -0.25) is 10.1 Å². The Labute approximate surface area is 120 Å². The van der Waals surface area contributed by atoms with Gasteiger partial charge < -0.3 is 5.43 Å². The van der Waals surface area contributed by atoms with Crippen LogP contribution in [0.4, 0.5) is 10.7 Å². The number of nitrogens with one attached hydrogen (secondary N) is 2. The summed E-state index contributed by atoms with van der Waals surface area (Å²) in [5.41, 5.74) is 1.82. The maximum absolute atomic E-state index is 12.1. The Hall–Kier alpha value is -1.23. The zero-order valence-electron chi connectivity index (χ0n) is 10.8. The molecule has 20 heavy (non-hydrogen) atoms. The molecule has 8 nitrogen and oxygen atoms in total. The number of hydrogen-bond acceptors (Lipinski definition) is 7. The smallest absolute Gasteiger partial charge is 0.306 e. The Morgan fingerprint density at radius 3 is 2.80 bits per heavy atom. The number of nitro groups is 1. The fourth-order valence-electron chi connectivity index (χ4n) is 2.07. The molecule has 1 heterocycles. The number of rotatable bonds is 7. The fourth-order valence-corrected chi connectivity index (χ4v) is 4.64. The molecule has 1 aromatic rings. The van der Waals surface area contributed by atoms with Crippen LogP contribution in [0.15, 0.2) is 10.3 Å². The SMILES string of the molecule is CCCC1CC1NS(=O)(=O)c1cc([N+](=O)[O-])c(NN)s1. The maximum Gasteiger partial charge on any atom is 0.306 e. The minimum atomic E-state index is -3.73. The van der Waals surface area contributed by atoms with E-state index in [-0.39, 0.29) is 20.9 Å². The van der Waals surface area contributed by atoms with Gasteiger partial charge in [-0.05, 0) is 18.8 Å². The highest BCUT2D eigenvalue weighted by Crippen LogP contribution is 2.39. The van der Waals surface area contributed by atoms with Crippen LogP contribution in [0.2, 0.25) is 0 Å². The molecular weight excluding hydrogens is 304 g/mol. The summed E-state index contributed by atoms with van der Waals surface area (Å²) in [6, 6.07) is 0.967. The van der Waals surface area contributed by atoms with Gasteiger partial charge in [0.2, 0.25) is 0 Å². The number of anilines is 1. The number of sulfonamides is 1. The Bertz CT molecular complexity index is 613. The molecule has 1 fully saturated rings. The van der Waals surface area contributed by atoms with Crippen LogP contribution in [0.5, 0.6) is 0 Å². The lowest BCUT2D eigenvalue weighted by molar-refractivity contribution is -0.383. The molecule has 0 spiro atoms. The first-order chi connectivity index (χ1) is 9.39. The van der Waals surface area contributed by atoms with Crippen molar-refractivity contribution in [3.8, 4) is 0 Å². The molecule has 1 saturated carbocycles. The summed E-state index contributed by atoms with van der Waals surface area (Å²) in [7, 11) is -3.73. The molecule has 2 unspecified atom stereocenters. The van der Waals surface area contributed by atoms with E-state index in [0.29, 0.717) is 5.92 Å². The third-order valence-electron chi connectivity index (χ3n) is 3.17. The standard InChI is InChI=1S/C10H16N4O4S2/c1-2-3-6-4-7(6)13-20(17,18)9-5-8(14(15)16)10(12-11)19-9/h5-7,12-13H,2-4,11H2,1H3. The molecule has 1 aromatic heterocycles. The highest BCUT2D eigenvalue weighted by Gasteiger charge is 2.40. The third kappa shape index (κ3) is 3.08. The molecule has 4 N–H and O–H groups in total. The third-order valence-corrected chi connectivity index (χ3v) is 6.19. The molecule has 0 aliphatic heterocycles. The summed E-state index contributed by atoms with van der Waals surface area (Å²) in [5.74, 6) is 5.53. The Morgan fingerprint density at radius 2 is 2.30 bits per heavy atom. The summed E-state index contributed by atoms with van der Waals surface area (Å²) < 4.78 is 26.8. The van der Waals surface area contributed by atoms with Crippen LogP contribution >= 0.6 is 11.3 Å². The Balaban J connectivity index is 2.16. The van der Waals surface area contributed by atoms with Gasteiger partial charge in [0.1, 0.15) is 4.21 Å². The predicted molar refractivity (Wildman–Crippen MR) is 75.9 cm³/mol. The summed E-state index contributed by atoms with van der Waals surface area (Å²) >= 11 is 0.751.